The van der Waals surface area contributed by atoms with Crippen LogP contribution in [0.4, 0.5) is 0 Å². The Morgan fingerprint density at radius 1 is 0.534 bits per heavy atom. The first-order valence-electron chi connectivity index (χ1n) is 23.7. The van der Waals surface area contributed by atoms with Crippen molar-refractivity contribution in [1.82, 2.24) is 0 Å². The predicted molar refractivity (Wildman–Crippen MR) is 236 cm³/mol. The number of aliphatic hydroxyl groups is 1. The van der Waals surface area contributed by atoms with Gasteiger partial charge in [-0.2, -0.15) is 0 Å². The number of ether oxygens (including phenoxy) is 2. The Bertz CT molecular complexity index is 1040. The van der Waals surface area contributed by atoms with Gasteiger partial charge in [-0.25, -0.2) is 4.79 Å². The van der Waals surface area contributed by atoms with Gasteiger partial charge >= 0.3 is 25.5 Å². The fourth-order valence-corrected chi connectivity index (χ4v) is 8.11. The minimum atomic E-state index is -4.52. The molecule has 0 aromatic heterocycles. The van der Waals surface area contributed by atoms with Gasteiger partial charge in [-0.05, 0) is 38.5 Å². The molecule has 58 heavy (non-hydrogen) atoms. The third-order valence-corrected chi connectivity index (χ3v) is 12.5. The summed E-state index contributed by atoms with van der Waals surface area (Å²) in [6, 6.07) is 0. The Hall–Kier alpha value is -1.78. The highest BCUT2D eigenvalue weighted by Gasteiger charge is 2.40. The standard InChI is InChI=1S/C46H88NO10P/c1-3-5-7-9-11-13-15-17-19-21-23-25-27-29-31-33-35-37-43(49)54-39-42(40-55-58(53,56-41-48)45(47)46(51)52)57-44(50)38-36-34-32-30-28-26-24-22-20-18-16-14-12-10-8-6-4-2/h22,24,42,45,48H,3-21,23,25-41,47H2,1-2H3,(H,51,52)/b24-22+. The number of carboxylic acids is 1. The Labute approximate surface area is 354 Å². The average Bonchev–Trinajstić information content (AvgIpc) is 3.20. The summed E-state index contributed by atoms with van der Waals surface area (Å²) in [5.41, 5.74) is 5.50. The molecule has 11 nitrogen and oxygen atoms in total. The lowest BCUT2D eigenvalue weighted by Crippen LogP contribution is -2.34. The van der Waals surface area contributed by atoms with Gasteiger partial charge < -0.3 is 29.9 Å². The van der Waals surface area contributed by atoms with E-state index in [4.69, 9.17) is 24.8 Å². The Balaban J connectivity index is 4.37. The van der Waals surface area contributed by atoms with Gasteiger partial charge in [-0.3, -0.25) is 18.7 Å². The van der Waals surface area contributed by atoms with Crippen molar-refractivity contribution in [2.45, 2.75) is 244 Å². The van der Waals surface area contributed by atoms with Crippen LogP contribution in [0.3, 0.4) is 0 Å². The molecule has 4 N–H and O–H groups in total. The van der Waals surface area contributed by atoms with Crippen LogP contribution >= 0.6 is 7.60 Å². The molecule has 0 heterocycles. The second-order valence-electron chi connectivity index (χ2n) is 16.1. The number of rotatable bonds is 45. The van der Waals surface area contributed by atoms with E-state index in [-0.39, 0.29) is 19.4 Å². The highest BCUT2D eigenvalue weighted by molar-refractivity contribution is 7.55. The first-order valence-corrected chi connectivity index (χ1v) is 25.3. The molecule has 342 valence electrons. The zero-order valence-corrected chi connectivity index (χ0v) is 38.1. The number of aliphatic carboxylic acids is 1. The molecule has 0 saturated heterocycles. The van der Waals surface area contributed by atoms with Crippen molar-refractivity contribution in [2.24, 2.45) is 5.73 Å². The van der Waals surface area contributed by atoms with E-state index in [0.717, 1.165) is 57.8 Å². The molecule has 0 rings (SSSR count). The topological polar surface area (TPSA) is 172 Å². The molecule has 0 aliphatic carbocycles. The maximum absolute atomic E-state index is 13.0. The molecule has 0 bridgehead atoms. The van der Waals surface area contributed by atoms with Gasteiger partial charge in [0.1, 0.15) is 6.61 Å². The van der Waals surface area contributed by atoms with Crippen LogP contribution in [0, 0.1) is 0 Å². The summed E-state index contributed by atoms with van der Waals surface area (Å²) in [5.74, 6) is -4.71. The van der Waals surface area contributed by atoms with Crippen LogP contribution in [0.2, 0.25) is 0 Å². The van der Waals surface area contributed by atoms with Crippen LogP contribution < -0.4 is 5.73 Å². The van der Waals surface area contributed by atoms with Gasteiger partial charge in [0.2, 0.25) is 5.78 Å². The lowest BCUT2D eigenvalue weighted by atomic mass is 10.0. The highest BCUT2D eigenvalue weighted by Crippen LogP contribution is 2.51. The Morgan fingerprint density at radius 2 is 0.897 bits per heavy atom. The number of unbranched alkanes of at least 4 members (excludes halogenated alkanes) is 29. The normalized spacial score (nSPS) is 13.7. The lowest BCUT2D eigenvalue weighted by Gasteiger charge is -2.24. The molecule has 0 aromatic carbocycles. The van der Waals surface area contributed by atoms with Crippen LogP contribution in [-0.4, -0.2) is 60.0 Å². The number of nitrogens with two attached hydrogens (primary N) is 1. The lowest BCUT2D eigenvalue weighted by molar-refractivity contribution is -0.161. The molecule has 3 atom stereocenters. The summed E-state index contributed by atoms with van der Waals surface area (Å²) in [6.07, 6.45) is 42.5. The molecule has 0 aromatic rings. The van der Waals surface area contributed by atoms with Crippen LogP contribution in [0.5, 0.6) is 0 Å². The second-order valence-corrected chi connectivity index (χ2v) is 18.3. The molecule has 0 aliphatic heterocycles. The van der Waals surface area contributed by atoms with Gasteiger partial charge in [0.25, 0.3) is 0 Å². The predicted octanol–water partition coefficient (Wildman–Crippen LogP) is 12.8. The summed E-state index contributed by atoms with van der Waals surface area (Å²) in [6.45, 7) is 2.46. The largest absolute Gasteiger partial charge is 0.480 e. The summed E-state index contributed by atoms with van der Waals surface area (Å²) in [5, 5.41) is 18.4. The van der Waals surface area contributed by atoms with Gasteiger partial charge in [0.15, 0.2) is 12.9 Å². The van der Waals surface area contributed by atoms with Crippen LogP contribution in [0.15, 0.2) is 12.2 Å². The van der Waals surface area contributed by atoms with Gasteiger partial charge in [-0.1, -0.05) is 193 Å². The number of hydrogen-bond donors (Lipinski definition) is 3. The van der Waals surface area contributed by atoms with E-state index in [1.807, 2.05) is 0 Å². The monoisotopic (exact) mass is 846 g/mol. The van der Waals surface area contributed by atoms with Crippen molar-refractivity contribution in [3.8, 4) is 0 Å². The van der Waals surface area contributed by atoms with E-state index in [1.165, 1.54) is 135 Å². The molecule has 12 heteroatoms. The SMILES string of the molecule is CCCCCCCCCC/C=C/CCCCCCCC(=O)OC(COC(=O)CCCCCCCCCCCCCCCCCCC)COP(=O)(OCO)C(N)C(=O)O. The molecule has 0 aliphatic rings. The number of carboxylic acid groups (broad SMARTS) is 1. The number of carbonyl (C=O) groups is 3. The minimum Gasteiger partial charge on any atom is -0.480 e. The zero-order valence-electron chi connectivity index (χ0n) is 37.2. The summed E-state index contributed by atoms with van der Waals surface area (Å²) in [4.78, 5) is 36.6. The summed E-state index contributed by atoms with van der Waals surface area (Å²) < 4.78 is 33.7. The first kappa shape index (κ1) is 56.2. The van der Waals surface area contributed by atoms with Crippen molar-refractivity contribution in [3.05, 3.63) is 12.2 Å². The quantitative estimate of drug-likeness (QED) is 0.0175. The van der Waals surface area contributed by atoms with Crippen molar-refractivity contribution in [2.75, 3.05) is 20.0 Å². The zero-order chi connectivity index (χ0) is 42.8. The average molecular weight is 846 g/mol. The fourth-order valence-electron chi connectivity index (χ4n) is 6.91. The second kappa shape index (κ2) is 41.9. The number of hydrogen-bond acceptors (Lipinski definition) is 10. The maximum atomic E-state index is 13.0. The minimum absolute atomic E-state index is 0.141. The van der Waals surface area contributed by atoms with E-state index in [0.29, 0.717) is 12.8 Å². The molecule has 0 saturated carbocycles. The third-order valence-electron chi connectivity index (χ3n) is 10.6. The van der Waals surface area contributed by atoms with Crippen LogP contribution in [0.1, 0.15) is 232 Å². The molecular formula is C46H88NO10P. The number of esters is 2. The highest BCUT2D eigenvalue weighted by atomic mass is 31.2. The Morgan fingerprint density at radius 3 is 1.28 bits per heavy atom. The van der Waals surface area contributed by atoms with Crippen molar-refractivity contribution < 1.29 is 47.7 Å². The van der Waals surface area contributed by atoms with E-state index in [9.17, 15) is 24.1 Å². The summed E-state index contributed by atoms with van der Waals surface area (Å²) >= 11 is 0. The van der Waals surface area contributed by atoms with E-state index < -0.39 is 50.8 Å². The fraction of sp³-hybridized carbons (Fsp3) is 0.891. The van der Waals surface area contributed by atoms with Crippen LogP contribution in [0.25, 0.3) is 0 Å². The molecular weight excluding hydrogens is 757 g/mol. The van der Waals surface area contributed by atoms with E-state index in [1.54, 1.807) is 0 Å². The smallest absolute Gasteiger partial charge is 0.360 e. The number of carbonyl (C=O) groups excluding carboxylic acids is 2. The summed E-state index contributed by atoms with van der Waals surface area (Å²) in [7, 11) is -4.52. The molecule has 0 amide bonds. The van der Waals surface area contributed by atoms with Crippen molar-refractivity contribution in [3.63, 3.8) is 0 Å². The van der Waals surface area contributed by atoms with Gasteiger partial charge in [0.05, 0.1) is 6.61 Å². The van der Waals surface area contributed by atoms with E-state index >= 15 is 0 Å². The molecule has 0 spiro atoms. The van der Waals surface area contributed by atoms with Crippen molar-refractivity contribution in [1.29, 1.82) is 0 Å². The number of allylic oxidation sites excluding steroid dienone is 2. The van der Waals surface area contributed by atoms with Crippen molar-refractivity contribution >= 4 is 25.5 Å². The van der Waals surface area contributed by atoms with Gasteiger partial charge in [-0.15, -0.1) is 0 Å². The van der Waals surface area contributed by atoms with E-state index in [2.05, 4.69) is 30.5 Å². The maximum Gasteiger partial charge on any atom is 0.360 e. The molecule has 3 unspecified atom stereocenters. The van der Waals surface area contributed by atoms with Gasteiger partial charge in [0, 0.05) is 12.8 Å². The molecule has 0 fully saturated rings. The third kappa shape index (κ3) is 36.1. The number of aliphatic hydroxyl groups excluding tert-OH is 1. The van der Waals surface area contributed by atoms with Crippen LogP contribution in [-0.2, 0) is 37.5 Å². The Kier molecular flexibility index (Phi) is 40.6. The molecule has 0 radical (unpaired) electrons. The first-order chi connectivity index (χ1) is 28.2.